The molecule has 2 aliphatic carbocycles. The third-order valence-electron chi connectivity index (χ3n) is 5.49. The van der Waals surface area contributed by atoms with E-state index in [1.807, 2.05) is 26.0 Å². The van der Waals surface area contributed by atoms with Crippen LogP contribution in [0.1, 0.15) is 55.7 Å². The molecule has 2 aliphatic rings. The van der Waals surface area contributed by atoms with E-state index in [0.717, 1.165) is 73.8 Å². The van der Waals surface area contributed by atoms with Crippen LogP contribution in [0.25, 0.3) is 0 Å². The molecular formula is C20H28N6O. The molecule has 27 heavy (non-hydrogen) atoms. The summed E-state index contributed by atoms with van der Waals surface area (Å²) in [4.78, 5) is 21.0. The lowest BCUT2D eigenvalue weighted by Crippen LogP contribution is -2.38. The van der Waals surface area contributed by atoms with Gasteiger partial charge in [0.05, 0.1) is 0 Å². The minimum Gasteiger partial charge on any atom is -0.353 e. The van der Waals surface area contributed by atoms with Crippen molar-refractivity contribution in [1.82, 2.24) is 25.5 Å². The Labute approximate surface area is 159 Å². The summed E-state index contributed by atoms with van der Waals surface area (Å²) in [5, 5.41) is 13.6. The van der Waals surface area contributed by atoms with Crippen LogP contribution in [0.4, 0.5) is 11.6 Å². The molecule has 7 nitrogen and oxygen atoms in total. The van der Waals surface area contributed by atoms with Gasteiger partial charge in [0.25, 0.3) is 0 Å². The summed E-state index contributed by atoms with van der Waals surface area (Å²) in [5.74, 6) is 3.52. The number of carbonyl (C=O) groups excluding carboxylic acids is 1. The molecule has 0 aromatic carbocycles. The second kappa shape index (κ2) is 7.66. The fourth-order valence-electron chi connectivity index (χ4n) is 3.88. The fraction of sp³-hybridized carbons (Fsp3) is 0.600. The first-order valence-electron chi connectivity index (χ1n) is 9.99. The first-order chi connectivity index (χ1) is 13.0. The Kier molecular flexibility index (Phi) is 5.09. The second-order valence-electron chi connectivity index (χ2n) is 8.06. The van der Waals surface area contributed by atoms with Crippen LogP contribution in [-0.4, -0.2) is 32.1 Å². The van der Waals surface area contributed by atoms with E-state index in [0.29, 0.717) is 17.9 Å². The summed E-state index contributed by atoms with van der Waals surface area (Å²) in [6.45, 7) is 3.90. The number of H-pyrrole nitrogens is 1. The van der Waals surface area contributed by atoms with Gasteiger partial charge >= 0.3 is 0 Å². The Morgan fingerprint density at radius 2 is 1.85 bits per heavy atom. The Morgan fingerprint density at radius 3 is 2.52 bits per heavy atom. The van der Waals surface area contributed by atoms with Crippen LogP contribution < -0.4 is 10.6 Å². The van der Waals surface area contributed by atoms with Gasteiger partial charge < -0.3 is 10.6 Å². The predicted octanol–water partition coefficient (Wildman–Crippen LogP) is 3.19. The highest BCUT2D eigenvalue weighted by Gasteiger charge is 2.32. The van der Waals surface area contributed by atoms with Gasteiger partial charge in [-0.3, -0.25) is 9.89 Å². The van der Waals surface area contributed by atoms with E-state index in [9.17, 15) is 4.79 Å². The van der Waals surface area contributed by atoms with Crippen molar-refractivity contribution >= 4 is 17.5 Å². The van der Waals surface area contributed by atoms with Gasteiger partial charge in [0.2, 0.25) is 5.91 Å². The zero-order valence-electron chi connectivity index (χ0n) is 16.1. The molecule has 4 rings (SSSR count). The number of nitrogens with one attached hydrogen (secondary N) is 3. The number of aryl methyl sites for hydroxylation is 2. The first-order valence-corrected chi connectivity index (χ1v) is 9.99. The normalized spacial score (nSPS) is 22.4. The molecular weight excluding hydrogens is 340 g/mol. The molecule has 0 unspecified atom stereocenters. The Balaban J connectivity index is 1.32. The summed E-state index contributed by atoms with van der Waals surface area (Å²) < 4.78 is 0. The van der Waals surface area contributed by atoms with Gasteiger partial charge in [-0.05, 0) is 64.7 Å². The van der Waals surface area contributed by atoms with Crippen molar-refractivity contribution in [2.45, 2.75) is 64.8 Å². The van der Waals surface area contributed by atoms with Crippen LogP contribution in [0.2, 0.25) is 0 Å². The van der Waals surface area contributed by atoms with E-state index in [2.05, 4.69) is 30.8 Å². The summed E-state index contributed by atoms with van der Waals surface area (Å²) in [7, 11) is 0. The summed E-state index contributed by atoms with van der Waals surface area (Å²) in [5.41, 5.74) is 2.08. The summed E-state index contributed by atoms with van der Waals surface area (Å²) in [6, 6.07) is 4.34. The van der Waals surface area contributed by atoms with Crippen molar-refractivity contribution in [3.63, 3.8) is 0 Å². The average molecular weight is 368 g/mol. The van der Waals surface area contributed by atoms with Gasteiger partial charge in [-0.15, -0.1) is 0 Å². The largest absolute Gasteiger partial charge is 0.353 e. The number of hydrogen-bond acceptors (Lipinski definition) is 5. The van der Waals surface area contributed by atoms with Gasteiger partial charge in [-0.25, -0.2) is 9.97 Å². The molecule has 2 heterocycles. The molecule has 144 valence electrons. The number of amides is 1. The van der Waals surface area contributed by atoms with Crippen LogP contribution in [0.5, 0.6) is 0 Å². The van der Waals surface area contributed by atoms with Gasteiger partial charge in [-0.2, -0.15) is 5.10 Å². The van der Waals surface area contributed by atoms with Crippen molar-refractivity contribution in [1.29, 1.82) is 0 Å². The van der Waals surface area contributed by atoms with Crippen molar-refractivity contribution < 1.29 is 4.79 Å². The third kappa shape index (κ3) is 4.84. The summed E-state index contributed by atoms with van der Waals surface area (Å²) >= 11 is 0. The lowest BCUT2D eigenvalue weighted by atomic mass is 9.83. The van der Waals surface area contributed by atoms with Crippen LogP contribution in [0.3, 0.4) is 0 Å². The highest BCUT2D eigenvalue weighted by atomic mass is 16.2. The number of hydrogen-bond donors (Lipinski definition) is 3. The minimum absolute atomic E-state index is 0.272. The topological polar surface area (TPSA) is 95.6 Å². The van der Waals surface area contributed by atoms with E-state index >= 15 is 0 Å². The average Bonchev–Trinajstić information content (AvgIpc) is 3.40. The molecule has 2 aromatic rings. The van der Waals surface area contributed by atoms with Crippen LogP contribution in [0.15, 0.2) is 12.1 Å². The van der Waals surface area contributed by atoms with Gasteiger partial charge in [0, 0.05) is 35.5 Å². The highest BCUT2D eigenvalue weighted by Crippen LogP contribution is 2.31. The molecule has 1 amide bonds. The van der Waals surface area contributed by atoms with Crippen molar-refractivity contribution in [2.24, 2.45) is 11.8 Å². The number of rotatable bonds is 6. The van der Waals surface area contributed by atoms with Gasteiger partial charge in [0.15, 0.2) is 5.82 Å². The van der Waals surface area contributed by atoms with Crippen LogP contribution in [0, 0.1) is 25.7 Å². The minimum atomic E-state index is 0.272. The molecule has 2 saturated carbocycles. The van der Waals surface area contributed by atoms with E-state index in [1.54, 1.807) is 0 Å². The van der Waals surface area contributed by atoms with Gasteiger partial charge in [-0.1, -0.05) is 0 Å². The third-order valence-corrected chi connectivity index (χ3v) is 5.49. The van der Waals surface area contributed by atoms with Crippen molar-refractivity contribution in [3.05, 3.63) is 29.3 Å². The molecule has 7 heteroatoms. The number of aromatic nitrogens is 4. The van der Waals surface area contributed by atoms with Crippen LogP contribution in [-0.2, 0) is 11.2 Å². The first kappa shape index (κ1) is 17.9. The monoisotopic (exact) mass is 368 g/mol. The van der Waals surface area contributed by atoms with E-state index in [4.69, 9.17) is 0 Å². The Morgan fingerprint density at radius 1 is 1.07 bits per heavy atom. The Hall–Kier alpha value is -2.44. The molecule has 0 atom stereocenters. The summed E-state index contributed by atoms with van der Waals surface area (Å²) in [6.07, 6.45) is 7.53. The predicted molar refractivity (Wildman–Crippen MR) is 104 cm³/mol. The zero-order chi connectivity index (χ0) is 18.8. The molecule has 0 saturated heterocycles. The smallest absolute Gasteiger partial charge is 0.223 e. The number of nitrogens with zero attached hydrogens (tertiary/aromatic N) is 3. The fourth-order valence-corrected chi connectivity index (χ4v) is 3.88. The van der Waals surface area contributed by atoms with E-state index in [-0.39, 0.29) is 5.91 Å². The SMILES string of the molecule is Cc1nc(CC2CCC(NC(=O)C3CC3)CC2)cc(Nc2cc(C)[nH]n2)n1. The quantitative estimate of drug-likeness (QED) is 0.728. The highest BCUT2D eigenvalue weighted by molar-refractivity contribution is 5.81. The second-order valence-corrected chi connectivity index (χ2v) is 8.06. The lowest BCUT2D eigenvalue weighted by molar-refractivity contribution is -0.123. The molecule has 2 aromatic heterocycles. The van der Waals surface area contributed by atoms with E-state index < -0.39 is 0 Å². The lowest BCUT2D eigenvalue weighted by Gasteiger charge is -2.29. The Bertz CT molecular complexity index is 805. The molecule has 0 aliphatic heterocycles. The number of anilines is 2. The van der Waals surface area contributed by atoms with Crippen molar-refractivity contribution in [3.8, 4) is 0 Å². The maximum absolute atomic E-state index is 11.9. The van der Waals surface area contributed by atoms with Crippen LogP contribution >= 0.6 is 0 Å². The van der Waals surface area contributed by atoms with E-state index in [1.165, 1.54) is 0 Å². The molecule has 0 spiro atoms. The maximum atomic E-state index is 11.9. The standard InChI is InChI=1S/C20H28N6O/c1-12-9-19(26-25-12)24-18-11-17(21-13(2)22-18)10-14-3-7-16(8-4-14)23-20(27)15-5-6-15/h9,11,14-16H,3-8,10H2,1-2H3,(H,23,27)(H2,21,22,24,25,26). The molecule has 0 radical (unpaired) electrons. The maximum Gasteiger partial charge on any atom is 0.223 e. The number of carbonyl (C=O) groups is 1. The zero-order valence-corrected chi connectivity index (χ0v) is 16.1. The molecule has 0 bridgehead atoms. The van der Waals surface area contributed by atoms with Crippen molar-refractivity contribution in [2.75, 3.05) is 5.32 Å². The molecule has 3 N–H and O–H groups in total. The molecule has 2 fully saturated rings. The number of aromatic amines is 1. The van der Waals surface area contributed by atoms with Gasteiger partial charge in [0.1, 0.15) is 11.6 Å².